The van der Waals surface area contributed by atoms with E-state index in [0.29, 0.717) is 0 Å². The summed E-state index contributed by atoms with van der Waals surface area (Å²) in [6.07, 6.45) is 4.07. The van der Waals surface area contributed by atoms with E-state index in [1.165, 1.54) is 43.7 Å². The quantitative estimate of drug-likeness (QED) is 0.418. The van der Waals surface area contributed by atoms with E-state index in [4.69, 9.17) is 13.2 Å². The molecule has 0 nitrogen and oxygen atoms in total. The van der Waals surface area contributed by atoms with Crippen molar-refractivity contribution in [2.45, 2.75) is 39.8 Å². The van der Waals surface area contributed by atoms with Gasteiger partial charge in [0.1, 0.15) is 0 Å². The minimum atomic E-state index is 0. The largest absolute Gasteiger partial charge is 2.00 e. The Balaban J connectivity index is -0.000000218. The molecule has 0 unspecified atom stereocenters. The Morgan fingerprint density at radius 3 is 1.12 bits per heavy atom. The molecule has 0 heterocycles. The van der Waals surface area contributed by atoms with Gasteiger partial charge in [-0.15, -0.1) is 0 Å². The van der Waals surface area contributed by atoms with Crippen LogP contribution in [0.15, 0.2) is 34.4 Å². The van der Waals surface area contributed by atoms with Gasteiger partial charge in [0.2, 0.25) is 0 Å². The van der Waals surface area contributed by atoms with Crippen LogP contribution in [-0.2, 0) is 26.2 Å². The first kappa shape index (κ1) is 22.5. The molecular formula is C14H26Si2Zr. The van der Waals surface area contributed by atoms with Crippen LogP contribution in [0.3, 0.4) is 0 Å². The molecule has 0 aromatic rings. The second-order valence-electron chi connectivity index (χ2n) is 4.18. The zero-order chi connectivity index (χ0) is 13.1. The Kier molecular flexibility index (Phi) is 18.9. The van der Waals surface area contributed by atoms with Crippen LogP contribution in [-0.4, -0.2) is 20.5 Å². The van der Waals surface area contributed by atoms with Gasteiger partial charge in [-0.1, -0.05) is 39.8 Å². The molecular weight excluding hydrogens is 316 g/mol. The van der Waals surface area contributed by atoms with E-state index in [2.05, 4.69) is 13.8 Å². The zero-order valence-electron chi connectivity index (χ0n) is 12.2. The van der Waals surface area contributed by atoms with Gasteiger partial charge in [0.15, 0.2) is 0 Å². The van der Waals surface area contributed by atoms with Crippen LogP contribution < -0.4 is 0 Å². The third kappa shape index (κ3) is 22.0. The van der Waals surface area contributed by atoms with Crippen molar-refractivity contribution in [2.24, 2.45) is 0 Å². The van der Waals surface area contributed by atoms with E-state index in [1.807, 2.05) is 26.0 Å². The molecule has 0 fully saturated rings. The Bertz CT molecular complexity index is 259. The summed E-state index contributed by atoms with van der Waals surface area (Å²) < 4.78 is 0. The van der Waals surface area contributed by atoms with Crippen molar-refractivity contribution in [3.05, 3.63) is 47.6 Å². The first-order valence-electron chi connectivity index (χ1n) is 5.85. The fraction of sp³-hybridized carbons (Fsp3) is 0.429. The van der Waals surface area contributed by atoms with Crippen molar-refractivity contribution >= 4 is 20.5 Å². The summed E-state index contributed by atoms with van der Waals surface area (Å²) in [6, 6.07) is 2.46. The van der Waals surface area contributed by atoms with E-state index >= 15 is 0 Å². The second-order valence-corrected chi connectivity index (χ2v) is 5.59. The van der Waals surface area contributed by atoms with Crippen LogP contribution in [0.5, 0.6) is 0 Å². The molecule has 0 bridgehead atoms. The fourth-order valence-corrected chi connectivity index (χ4v) is 1.39. The molecule has 0 saturated carbocycles. The molecule has 0 aliphatic carbocycles. The van der Waals surface area contributed by atoms with Gasteiger partial charge in [0.25, 0.3) is 0 Å². The summed E-state index contributed by atoms with van der Waals surface area (Å²) in [7, 11) is 2.48. The van der Waals surface area contributed by atoms with Gasteiger partial charge in [-0.3, -0.25) is 13.2 Å². The van der Waals surface area contributed by atoms with E-state index in [1.54, 1.807) is 0 Å². The SMILES string of the molecule is [CH-]=C(C)C=C(C)C[SiH3].[CH-]=C(C)C=C(C)C[SiH3].[Zr+2]. The molecule has 0 aromatic carbocycles. The second kappa shape index (κ2) is 14.3. The van der Waals surface area contributed by atoms with E-state index in [9.17, 15) is 0 Å². The summed E-state index contributed by atoms with van der Waals surface area (Å²) in [4.78, 5) is 0. The van der Waals surface area contributed by atoms with Crippen LogP contribution in [0.4, 0.5) is 0 Å². The molecule has 0 rings (SSSR count). The fourth-order valence-electron chi connectivity index (χ4n) is 0.981. The monoisotopic (exact) mass is 340 g/mol. The van der Waals surface area contributed by atoms with Crippen molar-refractivity contribution in [3.8, 4) is 0 Å². The standard InChI is InChI=1S/2C7H13Si.Zr/c2*1-6(2)4-7(3)5-8;/h2*1,4H,5H2,2-3,8H3;/q2*-1;+2. The van der Waals surface area contributed by atoms with Gasteiger partial charge < -0.3 is 0 Å². The number of allylic oxidation sites excluding steroid dienone is 6. The molecule has 0 N–H and O–H groups in total. The van der Waals surface area contributed by atoms with E-state index in [0.717, 1.165) is 11.1 Å². The molecule has 0 radical (unpaired) electrons. The number of hydrogen-bond donors (Lipinski definition) is 0. The van der Waals surface area contributed by atoms with Gasteiger partial charge in [-0.2, -0.15) is 11.1 Å². The van der Waals surface area contributed by atoms with Crippen LogP contribution in [0.25, 0.3) is 0 Å². The number of hydrogen-bond acceptors (Lipinski definition) is 0. The normalized spacial score (nSPS) is 11.3. The molecule has 94 valence electrons. The summed E-state index contributed by atoms with van der Waals surface area (Å²) in [5.41, 5.74) is 4.63. The predicted molar refractivity (Wildman–Crippen MR) is 84.0 cm³/mol. The molecule has 0 aliphatic rings. The topological polar surface area (TPSA) is 0 Å². The zero-order valence-corrected chi connectivity index (χ0v) is 18.7. The van der Waals surface area contributed by atoms with Crippen molar-refractivity contribution in [1.82, 2.24) is 0 Å². The van der Waals surface area contributed by atoms with Crippen LogP contribution in [0.1, 0.15) is 27.7 Å². The van der Waals surface area contributed by atoms with Gasteiger partial charge in [0.05, 0.1) is 0 Å². The minimum Gasteiger partial charge on any atom is -0.290 e. The summed E-state index contributed by atoms with van der Waals surface area (Å²) in [5.74, 6) is 0. The Morgan fingerprint density at radius 1 is 0.824 bits per heavy atom. The van der Waals surface area contributed by atoms with Crippen molar-refractivity contribution in [1.29, 1.82) is 0 Å². The molecule has 17 heavy (non-hydrogen) atoms. The summed E-state index contributed by atoms with van der Waals surface area (Å²) >= 11 is 0. The average molecular weight is 342 g/mol. The van der Waals surface area contributed by atoms with Gasteiger partial charge in [-0.05, 0) is 0 Å². The molecule has 0 saturated heterocycles. The van der Waals surface area contributed by atoms with Gasteiger partial charge in [-0.25, -0.2) is 23.3 Å². The smallest absolute Gasteiger partial charge is 0.290 e. The third-order valence-electron chi connectivity index (χ3n) is 2.06. The first-order chi connectivity index (χ1) is 7.33. The molecule has 0 spiro atoms. The molecule has 0 amide bonds. The van der Waals surface area contributed by atoms with Crippen molar-refractivity contribution in [2.75, 3.05) is 0 Å². The van der Waals surface area contributed by atoms with Crippen molar-refractivity contribution in [3.63, 3.8) is 0 Å². The molecule has 0 atom stereocenters. The molecule has 3 heteroatoms. The number of rotatable bonds is 4. The maximum absolute atomic E-state index is 5.42. The molecule has 0 aliphatic heterocycles. The maximum Gasteiger partial charge on any atom is 2.00 e. The van der Waals surface area contributed by atoms with Crippen LogP contribution in [0, 0.1) is 13.2 Å². The minimum absolute atomic E-state index is 0. The third-order valence-corrected chi connectivity index (χ3v) is 4.29. The summed E-state index contributed by atoms with van der Waals surface area (Å²) in [6.45, 7) is 18.9. The Hall–Kier alpha value is 0.277. The first-order valence-corrected chi connectivity index (χ1v) is 8.68. The molecule has 0 aromatic heterocycles. The van der Waals surface area contributed by atoms with Gasteiger partial charge >= 0.3 is 26.2 Å². The Labute approximate surface area is 133 Å². The van der Waals surface area contributed by atoms with Crippen molar-refractivity contribution < 1.29 is 26.2 Å². The van der Waals surface area contributed by atoms with Gasteiger partial charge in [0, 0.05) is 20.5 Å². The van der Waals surface area contributed by atoms with Crippen LogP contribution in [0.2, 0.25) is 12.1 Å². The predicted octanol–water partition coefficient (Wildman–Crippen LogP) is 2.19. The summed E-state index contributed by atoms with van der Waals surface area (Å²) in [5, 5.41) is 0. The van der Waals surface area contributed by atoms with Crippen LogP contribution >= 0.6 is 0 Å². The maximum atomic E-state index is 5.42. The van der Waals surface area contributed by atoms with E-state index in [-0.39, 0.29) is 26.2 Å². The van der Waals surface area contributed by atoms with E-state index < -0.39 is 0 Å². The average Bonchev–Trinajstić information content (AvgIpc) is 2.16. The Morgan fingerprint density at radius 2 is 1.06 bits per heavy atom.